The fourth-order valence-electron chi connectivity index (χ4n) is 2.72. The smallest absolute Gasteiger partial charge is 0.338 e. The van der Waals surface area contributed by atoms with E-state index in [1.807, 2.05) is 75.4 Å². The lowest BCUT2D eigenvalue weighted by atomic mass is 9.99. The first kappa shape index (κ1) is 16.7. The Balaban J connectivity index is 2.25. The highest BCUT2D eigenvalue weighted by Gasteiger charge is 2.31. The van der Waals surface area contributed by atoms with Gasteiger partial charge in [0.2, 0.25) is 0 Å². The maximum atomic E-state index is 11.9. The van der Waals surface area contributed by atoms with Crippen LogP contribution >= 0.6 is 11.3 Å². The van der Waals surface area contributed by atoms with Crippen LogP contribution in [0, 0.1) is 0 Å². The molecule has 1 heterocycles. The second-order valence-corrected chi connectivity index (χ2v) is 7.74. The van der Waals surface area contributed by atoms with Crippen molar-refractivity contribution in [3.05, 3.63) is 59.5 Å². The van der Waals surface area contributed by atoms with Crippen LogP contribution in [-0.4, -0.2) is 16.7 Å². The molecule has 1 atom stereocenters. The number of hydrogen-bond acceptors (Lipinski definition) is 3. The van der Waals surface area contributed by atoms with Crippen molar-refractivity contribution in [3.8, 4) is 11.1 Å². The van der Waals surface area contributed by atoms with E-state index in [1.165, 1.54) is 11.3 Å². The monoisotopic (exact) mass is 340 g/mol. The Morgan fingerprint density at radius 3 is 2.29 bits per heavy atom. The van der Waals surface area contributed by atoms with Gasteiger partial charge in [-0.25, -0.2) is 4.79 Å². The third kappa shape index (κ3) is 3.35. The second kappa shape index (κ2) is 6.38. The van der Waals surface area contributed by atoms with Crippen LogP contribution in [0.4, 0.5) is 0 Å². The summed E-state index contributed by atoms with van der Waals surface area (Å²) < 4.78 is 6.95. The normalized spacial score (nSPS) is 13.1. The zero-order valence-electron chi connectivity index (χ0n) is 13.9. The van der Waals surface area contributed by atoms with Gasteiger partial charge in [0.1, 0.15) is 0 Å². The number of rotatable bonds is 4. The number of fused-ring (bicyclic) bond motifs is 1. The van der Waals surface area contributed by atoms with Crippen molar-refractivity contribution in [3.63, 3.8) is 0 Å². The van der Waals surface area contributed by atoms with Crippen LogP contribution in [0.2, 0.25) is 0 Å². The number of hydrogen-bond donors (Lipinski definition) is 1. The number of thiophene rings is 1. The van der Waals surface area contributed by atoms with Gasteiger partial charge in [-0.1, -0.05) is 48.5 Å². The molecule has 0 bridgehead atoms. The molecular formula is C20H20O3S. The van der Waals surface area contributed by atoms with Crippen molar-refractivity contribution in [2.45, 2.75) is 32.5 Å². The summed E-state index contributed by atoms with van der Waals surface area (Å²) in [7, 11) is 0. The topological polar surface area (TPSA) is 46.5 Å². The molecule has 0 fully saturated rings. The van der Waals surface area contributed by atoms with Crippen LogP contribution in [0.3, 0.4) is 0 Å². The van der Waals surface area contributed by atoms with E-state index in [0.717, 1.165) is 26.1 Å². The van der Waals surface area contributed by atoms with E-state index in [-0.39, 0.29) is 0 Å². The average molecular weight is 340 g/mol. The largest absolute Gasteiger partial charge is 0.479 e. The summed E-state index contributed by atoms with van der Waals surface area (Å²) in [6, 6.07) is 17.9. The van der Waals surface area contributed by atoms with Crippen LogP contribution in [0.1, 0.15) is 31.8 Å². The van der Waals surface area contributed by atoms with Gasteiger partial charge in [0.15, 0.2) is 6.10 Å². The average Bonchev–Trinajstić information content (AvgIpc) is 2.91. The lowest BCUT2D eigenvalue weighted by Crippen LogP contribution is -2.27. The van der Waals surface area contributed by atoms with E-state index in [2.05, 4.69) is 0 Å². The molecule has 0 saturated heterocycles. The Morgan fingerprint density at radius 1 is 1.04 bits per heavy atom. The van der Waals surface area contributed by atoms with Crippen molar-refractivity contribution in [1.82, 2.24) is 0 Å². The van der Waals surface area contributed by atoms with Crippen LogP contribution in [-0.2, 0) is 9.53 Å². The number of carboxylic acid groups (broad SMARTS) is 1. The van der Waals surface area contributed by atoms with Gasteiger partial charge in [-0.3, -0.25) is 0 Å². The Bertz CT molecular complexity index is 859. The van der Waals surface area contributed by atoms with E-state index < -0.39 is 17.7 Å². The first-order chi connectivity index (χ1) is 11.4. The van der Waals surface area contributed by atoms with Gasteiger partial charge in [0.05, 0.1) is 10.5 Å². The van der Waals surface area contributed by atoms with Gasteiger partial charge in [-0.15, -0.1) is 11.3 Å². The number of benzene rings is 2. The highest BCUT2D eigenvalue weighted by atomic mass is 32.1. The molecular weight excluding hydrogens is 320 g/mol. The molecule has 0 spiro atoms. The van der Waals surface area contributed by atoms with E-state index in [9.17, 15) is 9.90 Å². The van der Waals surface area contributed by atoms with Crippen molar-refractivity contribution in [2.75, 3.05) is 0 Å². The molecule has 4 heteroatoms. The summed E-state index contributed by atoms with van der Waals surface area (Å²) in [4.78, 5) is 12.7. The molecule has 0 radical (unpaired) electrons. The SMILES string of the molecule is CC(C)(C)OC(C(=O)O)c1sc2ccccc2c1-c1ccccc1. The highest BCUT2D eigenvalue weighted by molar-refractivity contribution is 7.19. The molecule has 0 aliphatic rings. The van der Waals surface area contributed by atoms with Gasteiger partial charge in [-0.2, -0.15) is 0 Å². The Labute approximate surface area is 145 Å². The van der Waals surface area contributed by atoms with E-state index in [1.54, 1.807) is 0 Å². The highest BCUT2D eigenvalue weighted by Crippen LogP contribution is 2.43. The molecule has 0 saturated carbocycles. The Hall–Kier alpha value is -2.17. The van der Waals surface area contributed by atoms with Crippen LogP contribution in [0.25, 0.3) is 21.2 Å². The third-order valence-electron chi connectivity index (χ3n) is 3.62. The minimum atomic E-state index is -0.988. The molecule has 3 aromatic rings. The minimum absolute atomic E-state index is 0.548. The summed E-state index contributed by atoms with van der Waals surface area (Å²) in [6.07, 6.45) is -0.988. The van der Waals surface area contributed by atoms with Crippen LogP contribution in [0.15, 0.2) is 54.6 Å². The Morgan fingerprint density at radius 2 is 1.67 bits per heavy atom. The van der Waals surface area contributed by atoms with Gasteiger partial charge >= 0.3 is 5.97 Å². The van der Waals surface area contributed by atoms with Gasteiger partial charge in [0.25, 0.3) is 0 Å². The molecule has 24 heavy (non-hydrogen) atoms. The minimum Gasteiger partial charge on any atom is -0.479 e. The van der Waals surface area contributed by atoms with Crippen LogP contribution < -0.4 is 0 Å². The molecule has 0 aliphatic heterocycles. The predicted octanol–water partition coefficient (Wildman–Crippen LogP) is 5.51. The van der Waals surface area contributed by atoms with Gasteiger partial charge in [-0.05, 0) is 32.4 Å². The van der Waals surface area contributed by atoms with Gasteiger partial charge in [0, 0.05) is 15.6 Å². The molecule has 3 nitrogen and oxygen atoms in total. The molecule has 124 valence electrons. The number of carboxylic acids is 1. The zero-order valence-corrected chi connectivity index (χ0v) is 14.8. The van der Waals surface area contributed by atoms with E-state index in [4.69, 9.17) is 4.74 Å². The van der Waals surface area contributed by atoms with Gasteiger partial charge < -0.3 is 9.84 Å². The molecule has 1 N–H and O–H groups in total. The second-order valence-electron chi connectivity index (χ2n) is 6.65. The van der Waals surface area contributed by atoms with E-state index >= 15 is 0 Å². The quantitative estimate of drug-likeness (QED) is 0.681. The summed E-state index contributed by atoms with van der Waals surface area (Å²) >= 11 is 1.49. The predicted molar refractivity (Wildman–Crippen MR) is 98.5 cm³/mol. The van der Waals surface area contributed by atoms with Crippen molar-refractivity contribution in [1.29, 1.82) is 0 Å². The zero-order chi connectivity index (χ0) is 17.3. The maximum absolute atomic E-state index is 11.9. The molecule has 1 unspecified atom stereocenters. The van der Waals surface area contributed by atoms with Crippen molar-refractivity contribution < 1.29 is 14.6 Å². The molecule has 3 rings (SSSR count). The number of aliphatic carboxylic acids is 1. The molecule has 2 aromatic carbocycles. The third-order valence-corrected chi connectivity index (χ3v) is 4.83. The van der Waals surface area contributed by atoms with Crippen LogP contribution in [0.5, 0.6) is 0 Å². The lowest BCUT2D eigenvalue weighted by molar-refractivity contribution is -0.160. The summed E-state index contributed by atoms with van der Waals surface area (Å²) in [5.74, 6) is -0.964. The summed E-state index contributed by atoms with van der Waals surface area (Å²) in [6.45, 7) is 5.62. The Kier molecular flexibility index (Phi) is 4.43. The first-order valence-corrected chi connectivity index (χ1v) is 8.66. The number of carbonyl (C=O) groups is 1. The standard InChI is InChI=1S/C20H20O3S/c1-20(2,3)23-17(19(21)22)18-16(13-9-5-4-6-10-13)14-11-7-8-12-15(14)24-18/h4-12,17H,1-3H3,(H,21,22). The molecule has 0 amide bonds. The maximum Gasteiger partial charge on any atom is 0.338 e. The fourth-order valence-corrected chi connectivity index (χ4v) is 3.97. The fraction of sp³-hybridized carbons (Fsp3) is 0.250. The van der Waals surface area contributed by atoms with Crippen molar-refractivity contribution in [2.24, 2.45) is 0 Å². The summed E-state index contributed by atoms with van der Waals surface area (Å²) in [5.41, 5.74) is 1.41. The molecule has 1 aromatic heterocycles. The van der Waals surface area contributed by atoms with E-state index in [0.29, 0.717) is 0 Å². The molecule has 0 aliphatic carbocycles. The lowest BCUT2D eigenvalue weighted by Gasteiger charge is -2.25. The first-order valence-electron chi connectivity index (χ1n) is 7.84. The van der Waals surface area contributed by atoms with Crippen molar-refractivity contribution >= 4 is 27.4 Å². The number of ether oxygens (including phenoxy) is 1. The summed E-state index contributed by atoms with van der Waals surface area (Å²) in [5, 5.41) is 10.8.